The van der Waals surface area contributed by atoms with Crippen LogP contribution in [0.25, 0.3) is 0 Å². The lowest BCUT2D eigenvalue weighted by molar-refractivity contribution is -0.251. The summed E-state index contributed by atoms with van der Waals surface area (Å²) in [6.45, 7) is 2.06. The summed E-state index contributed by atoms with van der Waals surface area (Å²) in [7, 11) is 1.53. The molecule has 0 aromatic carbocycles. The van der Waals surface area contributed by atoms with E-state index in [4.69, 9.17) is 0 Å². The Hall–Kier alpha value is -2.23. The Morgan fingerprint density at radius 3 is 2.44 bits per heavy atom. The van der Waals surface area contributed by atoms with Crippen molar-refractivity contribution < 1.29 is 32.3 Å². The van der Waals surface area contributed by atoms with Crippen LogP contribution in [-0.2, 0) is 4.79 Å². The van der Waals surface area contributed by atoms with Gasteiger partial charge in [0.2, 0.25) is 5.60 Å². The first-order valence-electron chi connectivity index (χ1n) is 8.33. The molecule has 2 amide bonds. The summed E-state index contributed by atoms with van der Waals surface area (Å²) in [4.78, 5) is 30.7. The fraction of sp³-hybridized carbons (Fsp3) is 0.588. The summed E-state index contributed by atoms with van der Waals surface area (Å²) in [6.07, 6.45) is -3.92. The van der Waals surface area contributed by atoms with Crippen molar-refractivity contribution in [3.05, 3.63) is 29.8 Å². The molecule has 1 aromatic heterocycles. The number of pyridine rings is 1. The minimum Gasteiger partial charge on any atom is -0.373 e. The fourth-order valence-corrected chi connectivity index (χ4v) is 3.16. The number of aliphatic hydroxyl groups is 1. The van der Waals surface area contributed by atoms with Crippen LogP contribution in [0.2, 0.25) is 0 Å². The van der Waals surface area contributed by atoms with Gasteiger partial charge in [-0.05, 0) is 31.4 Å². The second kappa shape index (κ2) is 7.41. The maximum Gasteiger partial charge on any atom is 0.426 e. The van der Waals surface area contributed by atoms with Crippen LogP contribution in [0.5, 0.6) is 0 Å². The van der Waals surface area contributed by atoms with Crippen molar-refractivity contribution in [1.29, 1.82) is 0 Å². The number of amides is 2. The fourth-order valence-electron chi connectivity index (χ4n) is 3.16. The maximum absolute atomic E-state index is 12.9. The molecule has 3 unspecified atom stereocenters. The number of carbonyl (C=O) groups is 2. The molecule has 1 aromatic rings. The standard InChI is InChI=1S/C17H21F4N3O3/c1-10-9-24(15(26)16(2,27)17(19,20)21)7-6-13(10)23(3)14(25)12-5-4-11(18)8-22-12/h4-5,8,10,13,27H,6-7,9H2,1-3H3. The molecule has 0 spiro atoms. The zero-order valence-corrected chi connectivity index (χ0v) is 15.1. The van der Waals surface area contributed by atoms with Crippen molar-refractivity contribution >= 4 is 11.8 Å². The average molecular weight is 391 g/mol. The molecule has 0 aliphatic carbocycles. The highest BCUT2D eigenvalue weighted by Crippen LogP contribution is 2.33. The number of piperidine rings is 1. The summed E-state index contributed by atoms with van der Waals surface area (Å²) < 4.78 is 51.6. The van der Waals surface area contributed by atoms with Crippen LogP contribution < -0.4 is 0 Å². The van der Waals surface area contributed by atoms with E-state index in [2.05, 4.69) is 4.98 Å². The molecule has 0 radical (unpaired) electrons. The first-order valence-corrected chi connectivity index (χ1v) is 8.33. The van der Waals surface area contributed by atoms with Gasteiger partial charge >= 0.3 is 6.18 Å². The van der Waals surface area contributed by atoms with E-state index in [0.29, 0.717) is 6.92 Å². The Morgan fingerprint density at radius 2 is 1.96 bits per heavy atom. The van der Waals surface area contributed by atoms with Gasteiger partial charge in [0, 0.05) is 26.2 Å². The van der Waals surface area contributed by atoms with Crippen LogP contribution in [0.15, 0.2) is 18.3 Å². The molecule has 1 saturated heterocycles. The van der Waals surface area contributed by atoms with E-state index >= 15 is 0 Å². The molecule has 1 aliphatic rings. The molecule has 1 fully saturated rings. The highest BCUT2D eigenvalue weighted by atomic mass is 19.4. The third-order valence-electron chi connectivity index (χ3n) is 4.88. The van der Waals surface area contributed by atoms with Gasteiger partial charge in [0.1, 0.15) is 11.5 Å². The van der Waals surface area contributed by atoms with Gasteiger partial charge in [-0.15, -0.1) is 0 Å². The molecular formula is C17H21F4N3O3. The summed E-state index contributed by atoms with van der Waals surface area (Å²) >= 11 is 0. The lowest BCUT2D eigenvalue weighted by Crippen LogP contribution is -2.60. The number of halogens is 4. The third-order valence-corrected chi connectivity index (χ3v) is 4.88. The number of nitrogens with zero attached hydrogens (tertiary/aromatic N) is 3. The normalized spacial score (nSPS) is 22.9. The van der Waals surface area contributed by atoms with Crippen LogP contribution >= 0.6 is 0 Å². The zero-order valence-electron chi connectivity index (χ0n) is 15.1. The third kappa shape index (κ3) is 4.20. The van der Waals surface area contributed by atoms with Crippen LogP contribution in [0, 0.1) is 11.7 Å². The van der Waals surface area contributed by atoms with Crippen molar-refractivity contribution in [2.24, 2.45) is 5.92 Å². The Morgan fingerprint density at radius 1 is 1.33 bits per heavy atom. The zero-order chi connectivity index (χ0) is 20.6. The highest BCUT2D eigenvalue weighted by molar-refractivity contribution is 5.92. The van der Waals surface area contributed by atoms with Crippen LogP contribution in [0.4, 0.5) is 17.6 Å². The van der Waals surface area contributed by atoms with Crippen LogP contribution in [0.3, 0.4) is 0 Å². The van der Waals surface area contributed by atoms with E-state index in [1.807, 2.05) is 0 Å². The highest BCUT2D eigenvalue weighted by Gasteiger charge is 2.57. The number of carbonyl (C=O) groups excluding carboxylic acids is 2. The lowest BCUT2D eigenvalue weighted by Gasteiger charge is -2.43. The number of alkyl halides is 3. The Kier molecular flexibility index (Phi) is 5.79. The van der Waals surface area contributed by atoms with Gasteiger partial charge in [-0.25, -0.2) is 9.37 Å². The molecule has 10 heteroatoms. The number of likely N-dealkylation sites (tertiary alicyclic amines) is 1. The number of hydrogen-bond donors (Lipinski definition) is 1. The SMILES string of the molecule is CC1CN(C(=O)C(C)(O)C(F)(F)F)CCC1N(C)C(=O)c1ccc(F)cn1. The summed E-state index contributed by atoms with van der Waals surface area (Å²) in [6, 6.07) is 2.01. The van der Waals surface area contributed by atoms with Crippen molar-refractivity contribution in [3.63, 3.8) is 0 Å². The Bertz CT molecular complexity index is 706. The predicted molar refractivity (Wildman–Crippen MR) is 87.1 cm³/mol. The van der Waals surface area contributed by atoms with Gasteiger partial charge < -0.3 is 14.9 Å². The number of aromatic nitrogens is 1. The van der Waals surface area contributed by atoms with E-state index in [0.717, 1.165) is 17.2 Å². The van der Waals surface area contributed by atoms with Crippen LogP contribution in [-0.4, -0.2) is 69.7 Å². The van der Waals surface area contributed by atoms with Crippen molar-refractivity contribution in [3.8, 4) is 0 Å². The van der Waals surface area contributed by atoms with E-state index in [1.54, 1.807) is 6.92 Å². The quantitative estimate of drug-likeness (QED) is 0.798. The maximum atomic E-state index is 12.9. The summed E-state index contributed by atoms with van der Waals surface area (Å²) in [5.74, 6) is -2.77. The van der Waals surface area contributed by atoms with Crippen molar-refractivity contribution in [1.82, 2.24) is 14.8 Å². The Balaban J connectivity index is 2.07. The van der Waals surface area contributed by atoms with E-state index in [1.165, 1.54) is 18.0 Å². The van der Waals surface area contributed by atoms with Gasteiger partial charge in [-0.3, -0.25) is 9.59 Å². The molecule has 0 bridgehead atoms. The molecular weight excluding hydrogens is 370 g/mol. The molecule has 3 atom stereocenters. The molecule has 1 N–H and O–H groups in total. The molecule has 2 heterocycles. The van der Waals surface area contributed by atoms with Gasteiger partial charge in [-0.2, -0.15) is 13.2 Å². The smallest absolute Gasteiger partial charge is 0.373 e. The molecule has 2 rings (SSSR count). The molecule has 27 heavy (non-hydrogen) atoms. The monoisotopic (exact) mass is 391 g/mol. The van der Waals surface area contributed by atoms with Gasteiger partial charge in [0.05, 0.1) is 6.20 Å². The number of rotatable bonds is 3. The first kappa shape index (κ1) is 21.1. The summed E-state index contributed by atoms with van der Waals surface area (Å²) in [5.41, 5.74) is -3.41. The lowest BCUT2D eigenvalue weighted by atomic mass is 9.91. The summed E-state index contributed by atoms with van der Waals surface area (Å²) in [5, 5.41) is 9.57. The predicted octanol–water partition coefficient (Wildman–Crippen LogP) is 1.84. The van der Waals surface area contributed by atoms with Gasteiger partial charge in [0.15, 0.2) is 0 Å². The van der Waals surface area contributed by atoms with Crippen molar-refractivity contribution in [2.45, 2.75) is 38.1 Å². The van der Waals surface area contributed by atoms with E-state index in [9.17, 15) is 32.3 Å². The van der Waals surface area contributed by atoms with Gasteiger partial charge in [0.25, 0.3) is 11.8 Å². The van der Waals surface area contributed by atoms with Crippen molar-refractivity contribution in [2.75, 3.05) is 20.1 Å². The molecule has 1 aliphatic heterocycles. The topological polar surface area (TPSA) is 73.7 Å². The largest absolute Gasteiger partial charge is 0.426 e. The first-order chi connectivity index (χ1) is 12.4. The second-order valence-corrected chi connectivity index (χ2v) is 6.93. The number of hydrogen-bond acceptors (Lipinski definition) is 4. The molecule has 0 saturated carbocycles. The molecule has 150 valence electrons. The minimum absolute atomic E-state index is 0.0332. The Labute approximate surface area is 153 Å². The van der Waals surface area contributed by atoms with Gasteiger partial charge in [-0.1, -0.05) is 6.92 Å². The molecule has 6 nitrogen and oxygen atoms in total. The van der Waals surface area contributed by atoms with E-state index in [-0.39, 0.29) is 37.2 Å². The minimum atomic E-state index is -5.08. The van der Waals surface area contributed by atoms with E-state index < -0.39 is 29.4 Å². The second-order valence-electron chi connectivity index (χ2n) is 6.93. The van der Waals surface area contributed by atoms with Crippen LogP contribution in [0.1, 0.15) is 30.8 Å². The average Bonchev–Trinajstić information content (AvgIpc) is 2.59.